The second kappa shape index (κ2) is 17.5. The summed E-state index contributed by atoms with van der Waals surface area (Å²) in [4.78, 5) is 57.1. The highest BCUT2D eigenvalue weighted by atomic mass is 28.3. The standard InChI is InChI=1S/C36H52FN5O6Si/c1-24(2)19-27-28(37)21-38-33-25(3)30(42(34(27)33)23-48-17-18-49(7,8)9)22-41-16-12-13-26(35(41)45)20-31(43)29(39-36(46)47-6)14-10-11-15-32(44)40(4)5/h11-13,15-16,21,24,29H,10,14,17-20,22-23H2,1-9H3,(H,39,46)/b15-11+/t29-/m0/s1. The van der Waals surface area contributed by atoms with E-state index in [2.05, 4.69) is 29.9 Å². The summed E-state index contributed by atoms with van der Waals surface area (Å²) >= 11 is 0. The first-order valence-corrected chi connectivity index (χ1v) is 20.4. The molecule has 13 heteroatoms. The average Bonchev–Trinajstić information content (AvgIpc) is 3.29. The van der Waals surface area contributed by atoms with Gasteiger partial charge in [0, 0.05) is 58.2 Å². The quantitative estimate of drug-likeness (QED) is 0.113. The van der Waals surface area contributed by atoms with Gasteiger partial charge < -0.3 is 28.8 Å². The highest BCUT2D eigenvalue weighted by molar-refractivity contribution is 6.76. The molecule has 0 bridgehead atoms. The van der Waals surface area contributed by atoms with Crippen molar-refractivity contribution in [2.24, 2.45) is 5.92 Å². The zero-order valence-electron chi connectivity index (χ0n) is 30.4. The van der Waals surface area contributed by atoms with Crippen LogP contribution in [0.5, 0.6) is 0 Å². The fraction of sp³-hybridized carbons (Fsp3) is 0.528. The van der Waals surface area contributed by atoms with E-state index >= 15 is 4.39 Å². The number of hydrogen-bond donors (Lipinski definition) is 1. The molecule has 1 atom stereocenters. The van der Waals surface area contributed by atoms with Crippen LogP contribution in [0.1, 0.15) is 49.1 Å². The molecule has 0 fully saturated rings. The number of fused-ring (bicyclic) bond motifs is 1. The topological polar surface area (TPSA) is 125 Å². The van der Waals surface area contributed by atoms with Crippen molar-refractivity contribution in [3.05, 3.63) is 75.2 Å². The number of aromatic nitrogens is 3. The van der Waals surface area contributed by atoms with Gasteiger partial charge in [0.05, 0.1) is 36.9 Å². The van der Waals surface area contributed by atoms with E-state index in [-0.39, 0.29) is 60.7 Å². The van der Waals surface area contributed by atoms with Crippen LogP contribution in [-0.2, 0) is 45.2 Å². The first-order chi connectivity index (χ1) is 23.0. The number of ether oxygens (including phenoxy) is 2. The maximum Gasteiger partial charge on any atom is 0.407 e. The Morgan fingerprint density at radius 2 is 1.90 bits per heavy atom. The van der Waals surface area contributed by atoms with Gasteiger partial charge in [-0.1, -0.05) is 45.6 Å². The van der Waals surface area contributed by atoms with E-state index in [9.17, 15) is 19.2 Å². The Hall–Kier alpha value is -4.10. The van der Waals surface area contributed by atoms with Crippen molar-refractivity contribution in [1.29, 1.82) is 0 Å². The fourth-order valence-electron chi connectivity index (χ4n) is 5.47. The van der Waals surface area contributed by atoms with Gasteiger partial charge in [0.1, 0.15) is 12.5 Å². The number of amides is 2. The Labute approximate surface area is 289 Å². The fourth-order valence-corrected chi connectivity index (χ4v) is 6.22. The molecule has 268 valence electrons. The Kier molecular flexibility index (Phi) is 14.1. The minimum Gasteiger partial charge on any atom is -0.453 e. The molecule has 1 N–H and O–H groups in total. The molecular formula is C36H52FN5O6Si. The lowest BCUT2D eigenvalue weighted by molar-refractivity contribution is -0.123. The summed E-state index contributed by atoms with van der Waals surface area (Å²) < 4.78 is 29.7. The Bertz CT molecular complexity index is 1720. The van der Waals surface area contributed by atoms with Crippen molar-refractivity contribution < 1.29 is 28.2 Å². The number of nitrogens with zero attached hydrogens (tertiary/aromatic N) is 4. The first kappa shape index (κ1) is 39.3. The maximum absolute atomic E-state index is 15.3. The molecule has 3 aromatic heterocycles. The van der Waals surface area contributed by atoms with Gasteiger partial charge in [0.25, 0.3) is 5.56 Å². The monoisotopic (exact) mass is 697 g/mol. The number of carbonyl (C=O) groups excluding carboxylic acids is 3. The molecule has 0 aliphatic rings. The molecule has 49 heavy (non-hydrogen) atoms. The van der Waals surface area contributed by atoms with Crippen LogP contribution < -0.4 is 10.9 Å². The summed E-state index contributed by atoms with van der Waals surface area (Å²) in [5.74, 6) is -0.739. The number of pyridine rings is 2. The Balaban J connectivity index is 1.96. The smallest absolute Gasteiger partial charge is 0.407 e. The first-order valence-electron chi connectivity index (χ1n) is 16.7. The van der Waals surface area contributed by atoms with Gasteiger partial charge in [0.2, 0.25) is 5.91 Å². The number of halogens is 1. The van der Waals surface area contributed by atoms with Crippen LogP contribution in [0.3, 0.4) is 0 Å². The molecule has 3 aromatic rings. The van der Waals surface area contributed by atoms with Crippen molar-refractivity contribution >= 4 is 36.9 Å². The van der Waals surface area contributed by atoms with E-state index in [0.717, 1.165) is 17.3 Å². The molecule has 0 saturated heterocycles. The summed E-state index contributed by atoms with van der Waals surface area (Å²) in [6, 6.07) is 3.34. The number of ketones is 1. The van der Waals surface area contributed by atoms with E-state index in [4.69, 9.17) is 9.47 Å². The van der Waals surface area contributed by atoms with E-state index in [0.29, 0.717) is 36.0 Å². The molecule has 0 spiro atoms. The highest BCUT2D eigenvalue weighted by Crippen LogP contribution is 2.30. The molecule has 0 aliphatic heterocycles. The molecule has 3 heterocycles. The summed E-state index contributed by atoms with van der Waals surface area (Å²) in [6.07, 6.45) is 6.05. The number of aryl methyl sites for hydroxylation is 1. The van der Waals surface area contributed by atoms with Gasteiger partial charge in [-0.2, -0.15) is 0 Å². The minimum atomic E-state index is -1.35. The van der Waals surface area contributed by atoms with Gasteiger partial charge in [-0.3, -0.25) is 19.4 Å². The number of alkyl carbamates (subject to hydrolysis) is 1. The maximum atomic E-state index is 15.3. The number of nitrogens with one attached hydrogen (secondary N) is 1. The number of carbonyl (C=O) groups is 3. The zero-order valence-corrected chi connectivity index (χ0v) is 31.4. The van der Waals surface area contributed by atoms with Gasteiger partial charge in [0.15, 0.2) is 5.78 Å². The molecule has 11 nitrogen and oxygen atoms in total. The largest absolute Gasteiger partial charge is 0.453 e. The van der Waals surface area contributed by atoms with Crippen LogP contribution in [0.4, 0.5) is 9.18 Å². The van der Waals surface area contributed by atoms with Crippen molar-refractivity contribution in [3.63, 3.8) is 0 Å². The number of likely N-dealkylation sites (N-methyl/N-ethyl adjacent to an activating group) is 1. The van der Waals surface area contributed by atoms with Crippen LogP contribution in [0.25, 0.3) is 11.0 Å². The van der Waals surface area contributed by atoms with Gasteiger partial charge >= 0.3 is 6.09 Å². The third-order valence-electron chi connectivity index (χ3n) is 8.29. The SMILES string of the molecule is COC(=O)N[C@@H](CC/C=C/C(=O)N(C)C)C(=O)Cc1cccn(Cc2c(C)c3ncc(F)c(CC(C)C)c3n2COCC[Si](C)(C)C)c1=O. The lowest BCUT2D eigenvalue weighted by Gasteiger charge is -2.19. The molecule has 0 aliphatic carbocycles. The molecule has 3 rings (SSSR count). The third-order valence-corrected chi connectivity index (χ3v) is 10.00. The second-order valence-corrected chi connectivity index (χ2v) is 19.9. The van der Waals surface area contributed by atoms with E-state index in [1.807, 2.05) is 25.3 Å². The number of methoxy groups -OCH3 is 1. The van der Waals surface area contributed by atoms with Crippen LogP contribution in [0, 0.1) is 18.7 Å². The Morgan fingerprint density at radius 3 is 2.53 bits per heavy atom. The molecule has 0 saturated carbocycles. The summed E-state index contributed by atoms with van der Waals surface area (Å²) in [5.41, 5.74) is 3.40. The summed E-state index contributed by atoms with van der Waals surface area (Å²) in [5, 5.41) is 2.56. The summed E-state index contributed by atoms with van der Waals surface area (Å²) in [6.45, 7) is 13.7. The predicted molar refractivity (Wildman–Crippen MR) is 192 cm³/mol. The van der Waals surface area contributed by atoms with Gasteiger partial charge in [-0.25, -0.2) is 9.18 Å². The van der Waals surface area contributed by atoms with E-state index in [1.165, 1.54) is 28.8 Å². The summed E-state index contributed by atoms with van der Waals surface area (Å²) in [7, 11) is 3.12. The minimum absolute atomic E-state index is 0.151. The van der Waals surface area contributed by atoms with E-state index in [1.54, 1.807) is 38.5 Å². The lowest BCUT2D eigenvalue weighted by Crippen LogP contribution is -2.42. The zero-order chi connectivity index (χ0) is 36.5. The predicted octanol–water partition coefficient (Wildman–Crippen LogP) is 5.47. The number of allylic oxidation sites excluding steroid dienone is 1. The third kappa shape index (κ3) is 10.9. The molecule has 2 amide bonds. The highest BCUT2D eigenvalue weighted by Gasteiger charge is 2.25. The second-order valence-electron chi connectivity index (χ2n) is 14.2. The van der Waals surface area contributed by atoms with Crippen molar-refractivity contribution in [1.82, 2.24) is 24.3 Å². The number of hydrogen-bond acceptors (Lipinski definition) is 7. The molecular weight excluding hydrogens is 646 g/mol. The molecule has 0 radical (unpaired) electrons. The van der Waals surface area contributed by atoms with Crippen molar-refractivity contribution in [3.8, 4) is 0 Å². The van der Waals surface area contributed by atoms with Crippen LogP contribution in [0.15, 0.2) is 41.5 Å². The molecule has 0 aromatic carbocycles. The van der Waals surface area contributed by atoms with Gasteiger partial charge in [-0.15, -0.1) is 0 Å². The number of Topliss-reactive ketones (excluding diaryl/α,β-unsaturated/α-hetero) is 1. The van der Waals surface area contributed by atoms with Crippen LogP contribution >= 0.6 is 0 Å². The van der Waals surface area contributed by atoms with Crippen LogP contribution in [-0.4, -0.2) is 78.7 Å². The van der Waals surface area contributed by atoms with Crippen molar-refractivity contribution in [2.75, 3.05) is 27.8 Å². The van der Waals surface area contributed by atoms with E-state index < -0.39 is 20.2 Å². The van der Waals surface area contributed by atoms with Crippen molar-refractivity contribution in [2.45, 2.75) is 91.5 Å². The average molecular weight is 698 g/mol. The van der Waals surface area contributed by atoms with Crippen LogP contribution in [0.2, 0.25) is 25.7 Å². The normalized spacial score (nSPS) is 12.6. The Morgan fingerprint density at radius 1 is 1.18 bits per heavy atom. The number of rotatable bonds is 17. The molecule has 0 unspecified atom stereocenters. The lowest BCUT2D eigenvalue weighted by atomic mass is 10.0. The van der Waals surface area contributed by atoms with Gasteiger partial charge in [-0.05, 0) is 55.9 Å².